The van der Waals surface area contributed by atoms with Crippen molar-refractivity contribution in [3.63, 3.8) is 0 Å². The molecule has 1 saturated heterocycles. The summed E-state index contributed by atoms with van der Waals surface area (Å²) in [6, 6.07) is 6.63. The lowest BCUT2D eigenvalue weighted by atomic mass is 10.00. The van der Waals surface area contributed by atoms with E-state index in [0.717, 1.165) is 30.7 Å². The van der Waals surface area contributed by atoms with Crippen molar-refractivity contribution in [2.45, 2.75) is 36.0 Å². The molecule has 0 aromatic heterocycles. The Labute approximate surface area is 197 Å². The van der Waals surface area contributed by atoms with Crippen LogP contribution in [-0.2, 0) is 10.0 Å². The molecule has 0 bridgehead atoms. The summed E-state index contributed by atoms with van der Waals surface area (Å²) in [7, 11) is -4.20. The van der Waals surface area contributed by atoms with Gasteiger partial charge in [-0.1, -0.05) is 18.2 Å². The first-order chi connectivity index (χ1) is 16.2. The maximum absolute atomic E-state index is 14.0. The van der Waals surface area contributed by atoms with Gasteiger partial charge in [-0.3, -0.25) is 9.62 Å². The highest BCUT2D eigenvalue weighted by Gasteiger charge is 2.45. The number of β-amino-alcohol motifs (C(OH)–C–C–N with tert-alkyl or cyclic N) is 1. The topological polar surface area (TPSA) is 119 Å². The molecule has 2 aliphatic heterocycles. The Balaban J connectivity index is 1.43. The second-order valence-corrected chi connectivity index (χ2v) is 10.8. The number of benzene rings is 2. The summed E-state index contributed by atoms with van der Waals surface area (Å²) >= 11 is 0. The number of nitrogens with one attached hydrogen (secondary N) is 1. The van der Waals surface area contributed by atoms with E-state index >= 15 is 0 Å². The maximum atomic E-state index is 14.0. The van der Waals surface area contributed by atoms with Gasteiger partial charge in [0.25, 0.3) is 10.0 Å². The second kappa shape index (κ2) is 8.94. The third kappa shape index (κ3) is 4.56. The van der Waals surface area contributed by atoms with E-state index in [1.54, 1.807) is 12.1 Å². The Morgan fingerprint density at radius 1 is 1.26 bits per heavy atom. The molecule has 4 N–H and O–H groups in total. The Kier molecular flexibility index (Phi) is 6.11. The molecule has 0 radical (unpaired) electrons. The van der Waals surface area contributed by atoms with Crippen LogP contribution in [0.5, 0.6) is 5.75 Å². The first-order valence-corrected chi connectivity index (χ1v) is 12.8. The number of hydrogen-bond donors (Lipinski definition) is 4. The summed E-state index contributed by atoms with van der Waals surface area (Å²) in [6.45, 7) is 2.21. The number of ether oxygens (including phenoxy) is 1. The normalized spacial score (nSPS) is 24.2. The maximum Gasteiger partial charge on any atom is 0.262 e. The first kappa shape index (κ1) is 23.3. The van der Waals surface area contributed by atoms with Crippen molar-refractivity contribution < 1.29 is 32.9 Å². The summed E-state index contributed by atoms with van der Waals surface area (Å²) in [5.41, 5.74) is 0.976. The molecule has 0 amide bonds. The minimum Gasteiger partial charge on any atom is -0.492 e. The van der Waals surface area contributed by atoms with E-state index in [9.17, 15) is 28.1 Å². The fourth-order valence-corrected chi connectivity index (χ4v) is 6.08. The molecule has 0 spiro atoms. The molecule has 1 saturated carbocycles. The van der Waals surface area contributed by atoms with Crippen LogP contribution in [0.3, 0.4) is 0 Å². The van der Waals surface area contributed by atoms with Gasteiger partial charge >= 0.3 is 0 Å². The van der Waals surface area contributed by atoms with Gasteiger partial charge in [0.05, 0.1) is 28.9 Å². The van der Waals surface area contributed by atoms with E-state index in [-0.39, 0.29) is 33.7 Å². The summed E-state index contributed by atoms with van der Waals surface area (Å²) in [4.78, 5) is 1.87. The largest absolute Gasteiger partial charge is 0.492 e. The van der Waals surface area contributed by atoms with Crippen LogP contribution in [-0.4, -0.2) is 61.0 Å². The SMILES string of the molecule is O=S(=O)(Nc1ccc2c(c1C(O)O)OCC1CC21)c1ccc(F)cc1/C=C\CN1CC[C@@H](O)C1. The van der Waals surface area contributed by atoms with Gasteiger partial charge in [-0.25, -0.2) is 12.8 Å². The lowest BCUT2D eigenvalue weighted by molar-refractivity contribution is -0.0438. The number of aliphatic hydroxyl groups is 3. The Bertz CT molecular complexity index is 1230. The highest BCUT2D eigenvalue weighted by atomic mass is 32.2. The fourth-order valence-electron chi connectivity index (χ4n) is 4.82. The zero-order valence-corrected chi connectivity index (χ0v) is 19.2. The minimum absolute atomic E-state index is 0.00170. The van der Waals surface area contributed by atoms with E-state index in [0.29, 0.717) is 37.8 Å². The summed E-state index contributed by atoms with van der Waals surface area (Å²) < 4.78 is 48.7. The molecule has 2 aromatic rings. The van der Waals surface area contributed by atoms with Crippen LogP contribution in [0.25, 0.3) is 6.08 Å². The third-order valence-corrected chi connectivity index (χ3v) is 8.10. The molecular formula is C24H27FN2O6S. The van der Waals surface area contributed by atoms with Crippen molar-refractivity contribution in [3.05, 3.63) is 58.9 Å². The zero-order chi connectivity index (χ0) is 24.0. The Hall–Kier alpha value is -2.50. The lowest BCUT2D eigenvalue weighted by Gasteiger charge is -2.24. The van der Waals surface area contributed by atoms with Crippen molar-refractivity contribution >= 4 is 21.8 Å². The molecular weight excluding hydrogens is 463 g/mol. The monoisotopic (exact) mass is 490 g/mol. The molecule has 8 nitrogen and oxygen atoms in total. The standard InChI is InChI=1S/C24H27FN2O6S/c25-16-3-6-21(14(10-16)2-1-8-27-9-7-17(28)12-27)34(31,32)26-20-5-4-18-19-11-15(19)13-33-23(18)22(20)24(29)30/h1-6,10,15,17,19,24,26,28-30H,7-9,11-13H2/b2-1-/t15?,17-,19?/m1/s1. The quantitative estimate of drug-likeness (QED) is 0.439. The van der Waals surface area contributed by atoms with Crippen LogP contribution < -0.4 is 9.46 Å². The van der Waals surface area contributed by atoms with Crippen LogP contribution >= 0.6 is 0 Å². The van der Waals surface area contributed by atoms with Crippen molar-refractivity contribution in [2.75, 3.05) is 31.0 Å². The number of likely N-dealkylation sites (tertiary alicyclic amines) is 1. The van der Waals surface area contributed by atoms with E-state index in [2.05, 4.69) is 4.72 Å². The molecule has 5 rings (SSSR count). The molecule has 34 heavy (non-hydrogen) atoms. The number of fused-ring (bicyclic) bond motifs is 3. The highest BCUT2D eigenvalue weighted by Crippen LogP contribution is 2.56. The van der Waals surface area contributed by atoms with Crippen molar-refractivity contribution in [1.82, 2.24) is 4.90 Å². The Morgan fingerprint density at radius 3 is 2.82 bits per heavy atom. The van der Waals surface area contributed by atoms with Crippen LogP contribution in [0.2, 0.25) is 0 Å². The van der Waals surface area contributed by atoms with Gasteiger partial charge in [0.1, 0.15) is 11.6 Å². The first-order valence-electron chi connectivity index (χ1n) is 11.3. The number of halogens is 1. The lowest BCUT2D eigenvalue weighted by Crippen LogP contribution is -2.22. The van der Waals surface area contributed by atoms with Crippen LogP contribution in [0, 0.1) is 11.7 Å². The smallest absolute Gasteiger partial charge is 0.262 e. The molecule has 182 valence electrons. The molecule has 2 unspecified atom stereocenters. The van der Waals surface area contributed by atoms with E-state index in [1.165, 1.54) is 18.2 Å². The number of anilines is 1. The van der Waals surface area contributed by atoms with E-state index in [4.69, 9.17) is 4.74 Å². The molecule has 2 aromatic carbocycles. The van der Waals surface area contributed by atoms with Crippen molar-refractivity contribution in [3.8, 4) is 5.75 Å². The van der Waals surface area contributed by atoms with E-state index in [1.807, 2.05) is 4.90 Å². The predicted octanol–water partition coefficient (Wildman–Crippen LogP) is 2.19. The summed E-state index contributed by atoms with van der Waals surface area (Å²) in [5.74, 6) is 0.428. The van der Waals surface area contributed by atoms with Gasteiger partial charge in [-0.05, 0) is 54.2 Å². The Morgan fingerprint density at radius 2 is 2.09 bits per heavy atom. The molecule has 1 aliphatic carbocycles. The van der Waals surface area contributed by atoms with Crippen LogP contribution in [0.1, 0.15) is 41.7 Å². The summed E-state index contributed by atoms with van der Waals surface area (Å²) in [6.07, 6.45) is 2.60. The van der Waals surface area contributed by atoms with Crippen LogP contribution in [0.4, 0.5) is 10.1 Å². The van der Waals surface area contributed by atoms with Crippen molar-refractivity contribution in [2.24, 2.45) is 5.92 Å². The number of rotatable bonds is 7. The molecule has 10 heteroatoms. The zero-order valence-electron chi connectivity index (χ0n) is 18.4. The van der Waals surface area contributed by atoms with E-state index < -0.39 is 22.1 Å². The minimum atomic E-state index is -4.20. The molecule has 2 fully saturated rings. The van der Waals surface area contributed by atoms with Crippen molar-refractivity contribution in [1.29, 1.82) is 0 Å². The molecule has 2 heterocycles. The van der Waals surface area contributed by atoms with Crippen LogP contribution in [0.15, 0.2) is 41.3 Å². The van der Waals surface area contributed by atoms with Gasteiger partial charge in [0.2, 0.25) is 0 Å². The number of sulfonamides is 1. The highest BCUT2D eigenvalue weighted by molar-refractivity contribution is 7.92. The second-order valence-electron chi connectivity index (χ2n) is 9.12. The predicted molar refractivity (Wildman–Crippen MR) is 123 cm³/mol. The average molecular weight is 491 g/mol. The number of aliphatic hydroxyl groups excluding tert-OH is 2. The van der Waals surface area contributed by atoms with Gasteiger partial charge in [0.15, 0.2) is 6.29 Å². The summed E-state index contributed by atoms with van der Waals surface area (Å²) in [5, 5.41) is 29.7. The molecule has 3 atom stereocenters. The van der Waals surface area contributed by atoms with Gasteiger partial charge in [-0.15, -0.1) is 0 Å². The number of nitrogens with zero attached hydrogens (tertiary/aromatic N) is 1. The van der Waals surface area contributed by atoms with Gasteiger partial charge < -0.3 is 20.1 Å². The number of hydrogen-bond acceptors (Lipinski definition) is 7. The van der Waals surface area contributed by atoms with Gasteiger partial charge in [-0.2, -0.15) is 0 Å². The third-order valence-electron chi connectivity index (χ3n) is 6.66. The van der Waals surface area contributed by atoms with Gasteiger partial charge in [0, 0.05) is 25.6 Å². The molecule has 3 aliphatic rings. The fraction of sp³-hybridized carbons (Fsp3) is 0.417. The average Bonchev–Trinajstić information content (AvgIpc) is 3.46.